The highest BCUT2D eigenvalue weighted by atomic mass is 16.7. The van der Waals surface area contributed by atoms with Crippen LogP contribution in [-0.4, -0.2) is 24.3 Å². The third-order valence-electron chi connectivity index (χ3n) is 2.70. The van der Waals surface area contributed by atoms with Crippen molar-refractivity contribution in [2.24, 2.45) is 5.73 Å². The van der Waals surface area contributed by atoms with Crippen molar-refractivity contribution in [3.05, 3.63) is 0 Å². The van der Waals surface area contributed by atoms with Crippen LogP contribution in [0.25, 0.3) is 0 Å². The van der Waals surface area contributed by atoms with Gasteiger partial charge in [0.1, 0.15) is 0 Å². The predicted octanol–water partition coefficient (Wildman–Crippen LogP) is 0.965. The van der Waals surface area contributed by atoms with Crippen molar-refractivity contribution in [3.8, 4) is 0 Å². The van der Waals surface area contributed by atoms with Crippen molar-refractivity contribution >= 4 is 7.12 Å². The molecule has 0 aromatic carbocycles. The Morgan fingerprint density at radius 1 is 1.08 bits per heavy atom. The lowest BCUT2D eigenvalue weighted by atomic mass is 9.81. The average Bonchev–Trinajstić information content (AvgIpc) is 2.03. The molecule has 2 N–H and O–H groups in total. The largest absolute Gasteiger partial charge is 0.475 e. The van der Waals surface area contributed by atoms with Crippen LogP contribution in [0.3, 0.4) is 0 Å². The van der Waals surface area contributed by atoms with Crippen LogP contribution in [0.2, 0.25) is 0 Å². The number of hydrogen-bond acceptors (Lipinski definition) is 3. The first kappa shape index (κ1) is 10.0. The molecule has 3 nitrogen and oxygen atoms in total. The maximum atomic E-state index is 5.69. The van der Waals surface area contributed by atoms with Gasteiger partial charge in [-0.1, -0.05) is 6.92 Å². The molecule has 0 aromatic rings. The second kappa shape index (κ2) is 2.72. The van der Waals surface area contributed by atoms with Crippen molar-refractivity contribution < 1.29 is 9.31 Å². The summed E-state index contributed by atoms with van der Waals surface area (Å²) in [7, 11) is -0.269. The van der Waals surface area contributed by atoms with Gasteiger partial charge in [-0.2, -0.15) is 0 Å². The summed E-state index contributed by atoms with van der Waals surface area (Å²) in [5.74, 6) is -0.0777. The summed E-state index contributed by atoms with van der Waals surface area (Å²) >= 11 is 0. The first-order valence-electron chi connectivity index (χ1n) is 4.37. The molecule has 0 saturated carbocycles. The molecule has 1 aliphatic rings. The van der Waals surface area contributed by atoms with Gasteiger partial charge in [0.2, 0.25) is 0 Å². The van der Waals surface area contributed by atoms with E-state index < -0.39 is 0 Å². The molecule has 0 spiro atoms. The Kier molecular flexibility index (Phi) is 2.27. The molecular formula is C8H18BNO2. The fourth-order valence-electron chi connectivity index (χ4n) is 1.10. The Hall–Kier alpha value is -0.0551. The fraction of sp³-hybridized carbons (Fsp3) is 1.00. The van der Waals surface area contributed by atoms with E-state index in [9.17, 15) is 0 Å². The summed E-state index contributed by atoms with van der Waals surface area (Å²) in [6, 6.07) is 0. The van der Waals surface area contributed by atoms with Gasteiger partial charge in [-0.05, 0) is 27.7 Å². The van der Waals surface area contributed by atoms with E-state index >= 15 is 0 Å². The smallest absolute Gasteiger partial charge is 0.402 e. The van der Waals surface area contributed by atoms with Gasteiger partial charge >= 0.3 is 7.12 Å². The lowest BCUT2D eigenvalue weighted by molar-refractivity contribution is 0.00578. The SMILES string of the molecule is CC(N)B1OC(C)(C)C(C)(C)O1. The molecule has 1 aliphatic heterocycles. The molecule has 0 amide bonds. The predicted molar refractivity (Wildman–Crippen MR) is 49.7 cm³/mol. The second-order valence-electron chi connectivity index (χ2n) is 4.48. The molecule has 0 aromatic heterocycles. The Morgan fingerprint density at radius 2 is 1.42 bits per heavy atom. The van der Waals surface area contributed by atoms with E-state index in [2.05, 4.69) is 0 Å². The highest BCUT2D eigenvalue weighted by Crippen LogP contribution is 2.36. The molecule has 1 saturated heterocycles. The molecule has 0 aliphatic carbocycles. The summed E-state index contributed by atoms with van der Waals surface area (Å²) in [6.07, 6.45) is 0. The minimum absolute atomic E-state index is 0.0777. The topological polar surface area (TPSA) is 44.5 Å². The molecule has 12 heavy (non-hydrogen) atoms. The van der Waals surface area contributed by atoms with Crippen molar-refractivity contribution in [3.63, 3.8) is 0 Å². The lowest BCUT2D eigenvalue weighted by Gasteiger charge is -2.32. The molecule has 1 heterocycles. The van der Waals surface area contributed by atoms with E-state index in [0.29, 0.717) is 0 Å². The van der Waals surface area contributed by atoms with E-state index in [-0.39, 0.29) is 24.3 Å². The molecule has 1 unspecified atom stereocenters. The van der Waals surface area contributed by atoms with Gasteiger partial charge < -0.3 is 15.0 Å². The maximum absolute atomic E-state index is 5.69. The molecule has 0 bridgehead atoms. The summed E-state index contributed by atoms with van der Waals surface area (Å²) in [6.45, 7) is 9.98. The van der Waals surface area contributed by atoms with Crippen molar-refractivity contribution in [1.29, 1.82) is 0 Å². The van der Waals surface area contributed by atoms with Gasteiger partial charge in [-0.15, -0.1) is 0 Å². The summed E-state index contributed by atoms with van der Waals surface area (Å²) in [5, 5.41) is 0. The molecule has 1 atom stereocenters. The molecule has 1 rings (SSSR count). The highest BCUT2D eigenvalue weighted by Gasteiger charge is 2.52. The molecular weight excluding hydrogens is 153 g/mol. The molecule has 4 heteroatoms. The van der Waals surface area contributed by atoms with Crippen LogP contribution in [-0.2, 0) is 9.31 Å². The van der Waals surface area contributed by atoms with E-state index in [4.69, 9.17) is 15.0 Å². The van der Waals surface area contributed by atoms with Gasteiger partial charge in [-0.3, -0.25) is 0 Å². The van der Waals surface area contributed by atoms with E-state index in [1.807, 2.05) is 34.6 Å². The first-order chi connectivity index (χ1) is 5.26. The van der Waals surface area contributed by atoms with Crippen molar-refractivity contribution in [2.45, 2.75) is 51.8 Å². The van der Waals surface area contributed by atoms with Gasteiger partial charge in [-0.25, -0.2) is 0 Å². The van der Waals surface area contributed by atoms with Crippen LogP contribution in [0.15, 0.2) is 0 Å². The number of rotatable bonds is 1. The minimum Gasteiger partial charge on any atom is -0.402 e. The Balaban J connectivity index is 2.74. The van der Waals surface area contributed by atoms with Crippen LogP contribution in [0, 0.1) is 0 Å². The minimum atomic E-state index is -0.269. The van der Waals surface area contributed by atoms with Gasteiger partial charge in [0.05, 0.1) is 11.2 Å². The van der Waals surface area contributed by atoms with Crippen molar-refractivity contribution in [2.75, 3.05) is 0 Å². The number of hydrogen-bond donors (Lipinski definition) is 1. The summed E-state index contributed by atoms with van der Waals surface area (Å²) < 4.78 is 11.4. The van der Waals surface area contributed by atoms with Crippen LogP contribution in [0.4, 0.5) is 0 Å². The zero-order chi connectivity index (χ0) is 9.57. The van der Waals surface area contributed by atoms with E-state index in [1.165, 1.54) is 0 Å². The Labute approximate surface area is 74.7 Å². The van der Waals surface area contributed by atoms with Crippen LogP contribution in [0.5, 0.6) is 0 Å². The molecule has 70 valence electrons. The molecule has 1 fully saturated rings. The quantitative estimate of drug-likeness (QED) is 0.597. The summed E-state index contributed by atoms with van der Waals surface area (Å²) in [5.41, 5.74) is 5.17. The normalized spacial score (nSPS) is 29.0. The van der Waals surface area contributed by atoms with Crippen LogP contribution >= 0.6 is 0 Å². The third kappa shape index (κ3) is 1.51. The highest BCUT2D eigenvalue weighted by molar-refractivity contribution is 6.47. The second-order valence-corrected chi connectivity index (χ2v) is 4.48. The van der Waals surface area contributed by atoms with Gasteiger partial charge in [0.25, 0.3) is 0 Å². The van der Waals surface area contributed by atoms with E-state index in [0.717, 1.165) is 0 Å². The maximum Gasteiger partial charge on any atom is 0.475 e. The number of nitrogens with two attached hydrogens (primary N) is 1. The van der Waals surface area contributed by atoms with Gasteiger partial charge in [0, 0.05) is 5.94 Å². The third-order valence-corrected chi connectivity index (χ3v) is 2.70. The zero-order valence-corrected chi connectivity index (χ0v) is 8.55. The Bertz CT molecular complexity index is 164. The standard InChI is InChI=1S/C8H18BNO2/c1-6(10)9-11-7(2,3)8(4,5)12-9/h6H,10H2,1-5H3. The monoisotopic (exact) mass is 171 g/mol. The van der Waals surface area contributed by atoms with Crippen molar-refractivity contribution in [1.82, 2.24) is 0 Å². The van der Waals surface area contributed by atoms with Gasteiger partial charge in [0.15, 0.2) is 0 Å². The van der Waals surface area contributed by atoms with Crippen LogP contribution in [0.1, 0.15) is 34.6 Å². The summed E-state index contributed by atoms with van der Waals surface area (Å²) in [4.78, 5) is 0. The van der Waals surface area contributed by atoms with Crippen LogP contribution < -0.4 is 5.73 Å². The average molecular weight is 171 g/mol. The lowest BCUT2D eigenvalue weighted by Crippen LogP contribution is -2.41. The van der Waals surface area contributed by atoms with E-state index in [1.54, 1.807) is 0 Å². The Morgan fingerprint density at radius 3 is 1.58 bits per heavy atom. The first-order valence-corrected chi connectivity index (χ1v) is 4.37. The zero-order valence-electron chi connectivity index (χ0n) is 8.55. The molecule has 0 radical (unpaired) electrons. The fourth-order valence-corrected chi connectivity index (χ4v) is 1.10.